The Hall–Kier alpha value is -4.11. The Bertz CT molecular complexity index is 1710. The van der Waals surface area contributed by atoms with Gasteiger partial charge in [-0.1, -0.05) is 103 Å². The van der Waals surface area contributed by atoms with Crippen molar-refractivity contribution in [3.8, 4) is 5.75 Å². The number of aryl methyl sites for hydroxylation is 1. The maximum Gasteiger partial charge on any atom is 0.417 e. The van der Waals surface area contributed by atoms with E-state index in [0.717, 1.165) is 27.6 Å². The van der Waals surface area contributed by atoms with Crippen LogP contribution in [0.25, 0.3) is 0 Å². The summed E-state index contributed by atoms with van der Waals surface area (Å²) in [5.74, 6) is 0.630. The van der Waals surface area contributed by atoms with E-state index in [1.165, 1.54) is 6.07 Å². The highest BCUT2D eigenvalue weighted by Gasteiger charge is 2.36. The van der Waals surface area contributed by atoms with Gasteiger partial charge in [0.05, 0.1) is 35.2 Å². The van der Waals surface area contributed by atoms with Crippen LogP contribution in [0.15, 0.2) is 121 Å². The molecule has 9 heteroatoms. The molecule has 1 amide bonds. The van der Waals surface area contributed by atoms with Gasteiger partial charge in [0.15, 0.2) is 0 Å². The van der Waals surface area contributed by atoms with E-state index in [0.29, 0.717) is 43.7 Å². The molecule has 5 rings (SSSR count). The zero-order valence-corrected chi connectivity index (χ0v) is 28.2. The molecule has 1 unspecified atom stereocenters. The molecule has 4 nitrogen and oxygen atoms in total. The lowest BCUT2D eigenvalue weighted by Crippen LogP contribution is -2.44. The van der Waals surface area contributed by atoms with Crippen molar-refractivity contribution in [2.75, 3.05) is 13.2 Å². The first-order valence-electron chi connectivity index (χ1n) is 15.9. The summed E-state index contributed by atoms with van der Waals surface area (Å²) >= 11 is 7.94. The predicted octanol–water partition coefficient (Wildman–Crippen LogP) is 9.78. The summed E-state index contributed by atoms with van der Waals surface area (Å²) in [7, 11) is 0. The Morgan fingerprint density at radius 3 is 2.21 bits per heavy atom. The number of amides is 1. The average molecular weight is 691 g/mol. The first kappa shape index (κ1) is 35.2. The maximum absolute atomic E-state index is 13.6. The summed E-state index contributed by atoms with van der Waals surface area (Å²) in [5, 5.41) is 8.54. The molecular weight excluding hydrogens is 653 g/mol. The lowest BCUT2D eigenvalue weighted by Gasteiger charge is -2.37. The topological polar surface area (TPSA) is 50.4 Å². The second-order valence-corrected chi connectivity index (χ2v) is 13.0. The number of hydrogen-bond acceptors (Lipinski definition) is 4. The van der Waals surface area contributed by atoms with Gasteiger partial charge in [0.25, 0.3) is 0 Å². The Morgan fingerprint density at radius 2 is 1.56 bits per heavy atom. The zero-order valence-electron chi connectivity index (χ0n) is 26.6. The third kappa shape index (κ3) is 9.07. The monoisotopic (exact) mass is 690 g/mol. The highest BCUT2D eigenvalue weighted by atomic mass is 35.5. The molecule has 0 fully saturated rings. The van der Waals surface area contributed by atoms with Crippen LogP contribution in [0.2, 0.25) is 5.02 Å². The second-order valence-electron chi connectivity index (χ2n) is 11.7. The Kier molecular flexibility index (Phi) is 12.0. The lowest BCUT2D eigenvalue weighted by atomic mass is 9.78. The van der Waals surface area contributed by atoms with Crippen LogP contribution in [0, 0.1) is 0 Å². The first-order valence-corrected chi connectivity index (χ1v) is 17.2. The number of hydrogen-bond donors (Lipinski definition) is 2. The fourth-order valence-corrected chi connectivity index (χ4v) is 6.97. The van der Waals surface area contributed by atoms with Gasteiger partial charge >= 0.3 is 6.18 Å². The predicted molar refractivity (Wildman–Crippen MR) is 188 cm³/mol. The minimum absolute atomic E-state index is 0.0506. The van der Waals surface area contributed by atoms with E-state index >= 15 is 0 Å². The maximum atomic E-state index is 13.6. The summed E-state index contributed by atoms with van der Waals surface area (Å²) in [4.78, 5) is 13.8. The third-order valence-corrected chi connectivity index (χ3v) is 9.82. The smallest absolute Gasteiger partial charge is 0.417 e. The highest BCUT2D eigenvalue weighted by molar-refractivity contribution is 7.10. The van der Waals surface area contributed by atoms with Gasteiger partial charge in [0.2, 0.25) is 5.91 Å². The number of halogens is 4. The fraction of sp³-hybridized carbons (Fsp3) is 0.256. The molecule has 0 saturated carbocycles. The van der Waals surface area contributed by atoms with E-state index in [9.17, 15) is 18.0 Å². The Morgan fingerprint density at radius 1 is 0.875 bits per heavy atom. The number of thiophene rings is 1. The Labute approximate surface area is 288 Å². The van der Waals surface area contributed by atoms with Crippen molar-refractivity contribution in [2.24, 2.45) is 0 Å². The largest absolute Gasteiger partial charge is 0.494 e. The summed E-state index contributed by atoms with van der Waals surface area (Å²) in [5.41, 5.74) is 1.78. The number of carbonyl (C=O) groups is 1. The lowest BCUT2D eigenvalue weighted by molar-refractivity contribution is -0.137. The van der Waals surface area contributed by atoms with Crippen molar-refractivity contribution in [2.45, 2.75) is 50.4 Å². The molecule has 0 radical (unpaired) electrons. The highest BCUT2D eigenvalue weighted by Crippen LogP contribution is 2.39. The second kappa shape index (κ2) is 16.3. The normalized spacial score (nSPS) is 12.4. The van der Waals surface area contributed by atoms with Crippen molar-refractivity contribution < 1.29 is 22.7 Å². The van der Waals surface area contributed by atoms with E-state index < -0.39 is 17.3 Å². The summed E-state index contributed by atoms with van der Waals surface area (Å²) in [6, 6.07) is 35.5. The third-order valence-electron chi connectivity index (χ3n) is 8.31. The molecular formula is C39H38ClF3N2O2S. The van der Waals surface area contributed by atoms with Crippen molar-refractivity contribution in [1.29, 1.82) is 0 Å². The number of benzene rings is 4. The standard InChI is InChI=1S/C39H38ClF3N2O2S/c1-28(35-20-10-25-48-35)45-36(46)27-29-12-8-18-33(26-29)47-24-11-23-44-38(31-14-4-2-5-15-31,32-16-6-3-7-17-32)22-21-30-13-9-19-34(37(30)40)39(41,42)43/h2-10,12-20,25-26,28,44H,11,21-24,27H2,1H3,(H,45,46). The van der Waals surface area contributed by atoms with E-state index in [1.54, 1.807) is 17.4 Å². The van der Waals surface area contributed by atoms with E-state index in [-0.39, 0.29) is 23.4 Å². The van der Waals surface area contributed by atoms with Crippen LogP contribution in [0.3, 0.4) is 0 Å². The fourth-order valence-electron chi connectivity index (χ4n) is 5.90. The quantitative estimate of drug-likeness (QED) is 0.108. The van der Waals surface area contributed by atoms with Crippen molar-refractivity contribution in [3.05, 3.63) is 158 Å². The van der Waals surface area contributed by atoms with Crippen LogP contribution in [-0.2, 0) is 29.4 Å². The molecule has 0 aliphatic rings. The van der Waals surface area contributed by atoms with Gasteiger partial charge in [0, 0.05) is 4.88 Å². The van der Waals surface area contributed by atoms with Crippen LogP contribution in [0.4, 0.5) is 13.2 Å². The number of carbonyl (C=O) groups excluding carboxylic acids is 1. The van der Waals surface area contributed by atoms with Crippen molar-refractivity contribution >= 4 is 28.8 Å². The molecule has 4 aromatic carbocycles. The summed E-state index contributed by atoms with van der Waals surface area (Å²) < 4.78 is 47.0. The number of ether oxygens (including phenoxy) is 1. The van der Waals surface area contributed by atoms with Crippen molar-refractivity contribution in [3.63, 3.8) is 0 Å². The van der Waals surface area contributed by atoms with Crippen LogP contribution < -0.4 is 15.4 Å². The molecule has 0 spiro atoms. The minimum Gasteiger partial charge on any atom is -0.494 e. The van der Waals surface area contributed by atoms with Gasteiger partial charge in [0.1, 0.15) is 5.75 Å². The molecule has 0 bridgehead atoms. The first-order chi connectivity index (χ1) is 23.2. The van der Waals surface area contributed by atoms with Crippen LogP contribution in [0.1, 0.15) is 58.5 Å². The van der Waals surface area contributed by atoms with Crippen LogP contribution in [-0.4, -0.2) is 19.1 Å². The molecule has 5 aromatic rings. The minimum atomic E-state index is -4.53. The van der Waals surface area contributed by atoms with Gasteiger partial charge in [-0.15, -0.1) is 11.3 Å². The van der Waals surface area contributed by atoms with Crippen LogP contribution in [0.5, 0.6) is 5.75 Å². The van der Waals surface area contributed by atoms with Crippen LogP contribution >= 0.6 is 22.9 Å². The molecule has 0 saturated heterocycles. The van der Waals surface area contributed by atoms with Gasteiger partial charge in [-0.05, 0) is 84.6 Å². The van der Waals surface area contributed by atoms with Crippen molar-refractivity contribution in [1.82, 2.24) is 10.6 Å². The SMILES string of the molecule is CC(NC(=O)Cc1cccc(OCCCNC(CCc2cccc(C(F)(F)F)c2Cl)(c2ccccc2)c2ccccc2)c1)c1cccs1. The molecule has 250 valence electrons. The zero-order chi connectivity index (χ0) is 34.0. The molecule has 48 heavy (non-hydrogen) atoms. The summed E-state index contributed by atoms with van der Waals surface area (Å²) in [6.07, 6.45) is -2.83. The average Bonchev–Trinajstić information content (AvgIpc) is 3.63. The molecule has 2 N–H and O–H groups in total. The Balaban J connectivity index is 1.26. The van der Waals surface area contributed by atoms with Gasteiger partial charge in [-0.25, -0.2) is 0 Å². The molecule has 1 heterocycles. The number of rotatable bonds is 15. The summed E-state index contributed by atoms with van der Waals surface area (Å²) in [6.45, 7) is 2.97. The van der Waals surface area contributed by atoms with E-state index in [4.69, 9.17) is 16.3 Å². The molecule has 1 aromatic heterocycles. The van der Waals surface area contributed by atoms with E-state index in [2.05, 4.69) is 10.6 Å². The van der Waals surface area contributed by atoms with Gasteiger partial charge in [-0.2, -0.15) is 13.2 Å². The molecule has 0 aliphatic carbocycles. The van der Waals surface area contributed by atoms with Gasteiger partial charge < -0.3 is 15.4 Å². The molecule has 1 atom stereocenters. The number of alkyl halides is 3. The number of nitrogens with one attached hydrogen (secondary N) is 2. The van der Waals surface area contributed by atoms with Gasteiger partial charge in [-0.3, -0.25) is 4.79 Å². The van der Waals surface area contributed by atoms with E-state index in [1.807, 2.05) is 109 Å². The molecule has 0 aliphatic heterocycles.